The molecule has 0 spiro atoms. The van der Waals surface area contributed by atoms with Gasteiger partial charge in [-0.25, -0.2) is 19.7 Å². The van der Waals surface area contributed by atoms with Crippen LogP contribution in [0, 0.1) is 17.8 Å². The van der Waals surface area contributed by atoms with Crippen LogP contribution >= 0.6 is 0 Å². The molecular formula is C29H35N7O3. The summed E-state index contributed by atoms with van der Waals surface area (Å²) in [5, 5.41) is 7.57. The van der Waals surface area contributed by atoms with Gasteiger partial charge in [-0.1, -0.05) is 55.6 Å². The van der Waals surface area contributed by atoms with Gasteiger partial charge in [-0.15, -0.1) is 0 Å². The second-order valence-corrected chi connectivity index (χ2v) is 11.7. The maximum Gasteiger partial charge on any atom is 0.439 e. The average Bonchev–Trinajstić information content (AvgIpc) is 3.61. The molecule has 10 nitrogen and oxygen atoms in total. The normalized spacial score (nSPS) is 24.0. The first-order valence-corrected chi connectivity index (χ1v) is 14.3. The Kier molecular flexibility index (Phi) is 6.22. The highest BCUT2D eigenvalue weighted by Gasteiger charge is 2.33. The summed E-state index contributed by atoms with van der Waals surface area (Å²) in [4.78, 5) is 29.1. The Morgan fingerprint density at radius 1 is 1.10 bits per heavy atom. The zero-order valence-electron chi connectivity index (χ0n) is 22.5. The summed E-state index contributed by atoms with van der Waals surface area (Å²) in [6.07, 6.45) is 8.31. The van der Waals surface area contributed by atoms with Crippen LogP contribution in [0.2, 0.25) is 0 Å². The summed E-state index contributed by atoms with van der Waals surface area (Å²) >= 11 is 0. The highest BCUT2D eigenvalue weighted by Crippen LogP contribution is 2.40. The van der Waals surface area contributed by atoms with Crippen LogP contribution in [0.1, 0.15) is 81.8 Å². The average molecular weight is 530 g/mol. The lowest BCUT2D eigenvalue weighted by Crippen LogP contribution is -2.31. The highest BCUT2D eigenvalue weighted by molar-refractivity contribution is 5.86. The van der Waals surface area contributed by atoms with E-state index in [1.54, 1.807) is 0 Å². The van der Waals surface area contributed by atoms with E-state index in [9.17, 15) is 4.79 Å². The number of hydrogen-bond acceptors (Lipinski definition) is 8. The number of aromatic amines is 1. The number of benzene rings is 1. The number of anilines is 1. The van der Waals surface area contributed by atoms with Crippen molar-refractivity contribution in [2.75, 3.05) is 5.32 Å². The van der Waals surface area contributed by atoms with E-state index in [4.69, 9.17) is 24.2 Å². The minimum Gasteiger partial charge on any atom is -0.365 e. The minimum absolute atomic E-state index is 0.195. The van der Waals surface area contributed by atoms with Gasteiger partial charge in [0.05, 0.1) is 6.61 Å². The summed E-state index contributed by atoms with van der Waals surface area (Å²) in [7, 11) is 0. The Balaban J connectivity index is 1.39. The van der Waals surface area contributed by atoms with E-state index in [0.29, 0.717) is 29.9 Å². The SMILES string of the molecule is CC1CCC(Cn2c(C3OCc4ccccc43)nc3nc(-c4noc(=O)[nH]4)nc(N[C@H](C)C4CCC4)c32)CC1. The fraction of sp³-hybridized carbons (Fsp3) is 0.552. The molecule has 3 aromatic heterocycles. The number of aromatic nitrogens is 6. The largest absolute Gasteiger partial charge is 0.439 e. The predicted molar refractivity (Wildman–Crippen MR) is 146 cm³/mol. The van der Waals surface area contributed by atoms with E-state index in [2.05, 4.69) is 58.1 Å². The van der Waals surface area contributed by atoms with Crippen LogP contribution in [-0.2, 0) is 17.9 Å². The maximum absolute atomic E-state index is 11.7. The Morgan fingerprint density at radius 3 is 2.67 bits per heavy atom. The van der Waals surface area contributed by atoms with Gasteiger partial charge in [0.15, 0.2) is 11.5 Å². The fourth-order valence-electron chi connectivity index (χ4n) is 6.41. The number of fused-ring (bicyclic) bond motifs is 2. The summed E-state index contributed by atoms with van der Waals surface area (Å²) in [5.74, 6) is 3.35. The van der Waals surface area contributed by atoms with Crippen LogP contribution in [0.15, 0.2) is 33.6 Å². The van der Waals surface area contributed by atoms with E-state index in [-0.39, 0.29) is 23.8 Å². The lowest BCUT2D eigenvalue weighted by atomic mass is 9.80. The molecule has 0 amide bonds. The molecule has 7 rings (SSSR count). The summed E-state index contributed by atoms with van der Waals surface area (Å²) in [6, 6.07) is 8.61. The van der Waals surface area contributed by atoms with Crippen LogP contribution in [-0.4, -0.2) is 35.7 Å². The monoisotopic (exact) mass is 529 g/mol. The lowest BCUT2D eigenvalue weighted by Gasteiger charge is -2.32. The molecule has 2 aliphatic carbocycles. The van der Waals surface area contributed by atoms with Crippen molar-refractivity contribution in [3.8, 4) is 11.6 Å². The van der Waals surface area contributed by atoms with Crippen molar-refractivity contribution >= 4 is 17.0 Å². The number of rotatable bonds is 7. The molecule has 1 unspecified atom stereocenters. The predicted octanol–water partition coefficient (Wildman–Crippen LogP) is 5.22. The van der Waals surface area contributed by atoms with Gasteiger partial charge in [0, 0.05) is 12.6 Å². The molecule has 10 heteroatoms. The van der Waals surface area contributed by atoms with E-state index in [0.717, 1.165) is 29.4 Å². The molecule has 2 N–H and O–H groups in total. The molecule has 4 aromatic rings. The molecule has 0 bridgehead atoms. The first-order chi connectivity index (χ1) is 19.0. The molecular weight excluding hydrogens is 494 g/mol. The van der Waals surface area contributed by atoms with Crippen molar-refractivity contribution in [1.82, 2.24) is 29.7 Å². The molecule has 0 saturated heterocycles. The van der Waals surface area contributed by atoms with Crippen molar-refractivity contribution in [1.29, 1.82) is 0 Å². The molecule has 0 radical (unpaired) electrons. The number of nitrogens with one attached hydrogen (secondary N) is 2. The fourth-order valence-corrected chi connectivity index (χ4v) is 6.41. The quantitative estimate of drug-likeness (QED) is 0.334. The summed E-state index contributed by atoms with van der Waals surface area (Å²) < 4.78 is 13.4. The minimum atomic E-state index is -0.639. The van der Waals surface area contributed by atoms with Gasteiger partial charge in [0.2, 0.25) is 11.6 Å². The third-order valence-corrected chi connectivity index (χ3v) is 9.06. The second kappa shape index (κ2) is 9.89. The summed E-state index contributed by atoms with van der Waals surface area (Å²) in [5.41, 5.74) is 3.80. The van der Waals surface area contributed by atoms with Crippen molar-refractivity contribution in [2.24, 2.45) is 17.8 Å². The second-order valence-electron chi connectivity index (χ2n) is 11.7. The molecule has 2 saturated carbocycles. The van der Waals surface area contributed by atoms with Gasteiger partial charge < -0.3 is 14.6 Å². The third-order valence-electron chi connectivity index (χ3n) is 9.06. The Morgan fingerprint density at radius 2 is 1.92 bits per heavy atom. The van der Waals surface area contributed by atoms with Crippen molar-refractivity contribution in [2.45, 2.75) is 84.1 Å². The molecule has 1 aromatic carbocycles. The Bertz CT molecular complexity index is 1540. The molecule has 39 heavy (non-hydrogen) atoms. The zero-order valence-corrected chi connectivity index (χ0v) is 22.5. The number of hydrogen-bond donors (Lipinski definition) is 2. The number of imidazole rings is 1. The number of H-pyrrole nitrogens is 1. The van der Waals surface area contributed by atoms with Crippen LogP contribution in [0.3, 0.4) is 0 Å². The molecule has 4 heterocycles. The van der Waals surface area contributed by atoms with Crippen molar-refractivity contribution in [3.63, 3.8) is 0 Å². The molecule has 3 aliphatic rings. The van der Waals surface area contributed by atoms with Crippen LogP contribution in [0.5, 0.6) is 0 Å². The molecule has 2 fully saturated rings. The first kappa shape index (κ1) is 24.5. The number of ether oxygens (including phenoxy) is 1. The van der Waals surface area contributed by atoms with Gasteiger partial charge in [-0.3, -0.25) is 9.51 Å². The van der Waals surface area contributed by atoms with Gasteiger partial charge in [-0.2, -0.15) is 0 Å². The third kappa shape index (κ3) is 4.54. The smallest absolute Gasteiger partial charge is 0.365 e. The summed E-state index contributed by atoms with van der Waals surface area (Å²) in [6.45, 7) is 5.98. The van der Waals surface area contributed by atoms with Crippen LogP contribution in [0.25, 0.3) is 22.8 Å². The van der Waals surface area contributed by atoms with Crippen molar-refractivity contribution < 1.29 is 9.26 Å². The topological polar surface area (TPSA) is 124 Å². The van der Waals surface area contributed by atoms with Gasteiger partial charge in [0.25, 0.3) is 0 Å². The van der Waals surface area contributed by atoms with Gasteiger partial charge in [0.1, 0.15) is 17.4 Å². The van der Waals surface area contributed by atoms with E-state index in [1.165, 1.54) is 50.5 Å². The Labute approximate surface area is 226 Å². The highest BCUT2D eigenvalue weighted by atomic mass is 16.5. The van der Waals surface area contributed by atoms with Gasteiger partial charge in [-0.05, 0) is 61.5 Å². The molecule has 1 aliphatic heterocycles. The maximum atomic E-state index is 11.7. The number of nitrogens with zero attached hydrogens (tertiary/aromatic N) is 5. The van der Waals surface area contributed by atoms with E-state index in [1.807, 2.05) is 0 Å². The van der Waals surface area contributed by atoms with E-state index < -0.39 is 5.76 Å². The van der Waals surface area contributed by atoms with Crippen LogP contribution < -0.4 is 11.1 Å². The van der Waals surface area contributed by atoms with Crippen molar-refractivity contribution in [3.05, 3.63) is 51.8 Å². The van der Waals surface area contributed by atoms with Gasteiger partial charge >= 0.3 is 5.76 Å². The molecule has 2 atom stereocenters. The lowest BCUT2D eigenvalue weighted by molar-refractivity contribution is 0.0846. The zero-order chi connectivity index (χ0) is 26.5. The van der Waals surface area contributed by atoms with E-state index >= 15 is 0 Å². The Hall–Kier alpha value is -3.53. The van der Waals surface area contributed by atoms with Crippen LogP contribution in [0.4, 0.5) is 5.82 Å². The standard InChI is InChI=1S/C29H35N7O3/c1-16-10-12-18(13-11-16)14-36-22-24(30-17(2)19-7-5-8-19)31-26(27-34-29(37)39-35-27)32-25(22)33-28(36)23-21-9-4-3-6-20(21)15-38-23/h3-4,6,9,16-19,23H,5,7-8,10-15H2,1-2H3,(H,30,31,32)(H,34,35,37)/t16?,17-,18?,23?/m1/s1. The molecule has 204 valence electrons. The first-order valence-electron chi connectivity index (χ1n) is 14.3.